The fourth-order valence-electron chi connectivity index (χ4n) is 1.85. The minimum atomic E-state index is -0.277. The lowest BCUT2D eigenvalue weighted by Gasteiger charge is -2.12. The lowest BCUT2D eigenvalue weighted by atomic mass is 10.1. The molecule has 0 heterocycles. The molecule has 1 saturated carbocycles. The van der Waals surface area contributed by atoms with Crippen molar-refractivity contribution < 1.29 is 9.84 Å². The second kappa shape index (κ2) is 7.55. The molecule has 1 unspecified atom stereocenters. The summed E-state index contributed by atoms with van der Waals surface area (Å²) >= 11 is 1.88. The van der Waals surface area contributed by atoms with Crippen molar-refractivity contribution in [3.8, 4) is 0 Å². The number of hydrogen-bond acceptors (Lipinski definition) is 3. The van der Waals surface area contributed by atoms with Crippen molar-refractivity contribution in [2.45, 2.75) is 38.7 Å². The van der Waals surface area contributed by atoms with Gasteiger partial charge in [-0.3, -0.25) is 0 Å². The van der Waals surface area contributed by atoms with Crippen molar-refractivity contribution in [2.75, 3.05) is 24.7 Å². The summed E-state index contributed by atoms with van der Waals surface area (Å²) in [6, 6.07) is 0. The zero-order valence-corrected chi connectivity index (χ0v) is 9.89. The van der Waals surface area contributed by atoms with E-state index in [1.54, 1.807) is 0 Å². The first-order valence-electron chi connectivity index (χ1n) is 5.66. The summed E-state index contributed by atoms with van der Waals surface area (Å²) < 4.78 is 5.15. The zero-order chi connectivity index (χ0) is 10.2. The van der Waals surface area contributed by atoms with Crippen molar-refractivity contribution in [1.29, 1.82) is 0 Å². The van der Waals surface area contributed by atoms with Gasteiger partial charge in [0.15, 0.2) is 0 Å². The van der Waals surface area contributed by atoms with Crippen molar-refractivity contribution in [3.63, 3.8) is 0 Å². The van der Waals surface area contributed by atoms with Crippen LogP contribution in [-0.2, 0) is 4.74 Å². The lowest BCUT2D eigenvalue weighted by molar-refractivity contribution is 0.0551. The Hall–Kier alpha value is 0.270. The van der Waals surface area contributed by atoms with Crippen LogP contribution in [0.5, 0.6) is 0 Å². The molecule has 0 bridgehead atoms. The maximum Gasteiger partial charge on any atom is 0.0863 e. The van der Waals surface area contributed by atoms with Crippen LogP contribution in [0.25, 0.3) is 0 Å². The molecule has 1 N–H and O–H groups in total. The van der Waals surface area contributed by atoms with Crippen LogP contribution >= 0.6 is 11.8 Å². The third-order valence-electron chi connectivity index (χ3n) is 2.65. The summed E-state index contributed by atoms with van der Waals surface area (Å²) in [4.78, 5) is 0. The normalized spacial score (nSPS) is 20.1. The topological polar surface area (TPSA) is 29.5 Å². The summed E-state index contributed by atoms with van der Waals surface area (Å²) in [5, 5.41) is 9.51. The summed E-state index contributed by atoms with van der Waals surface area (Å²) in [6.45, 7) is 3.15. The highest BCUT2D eigenvalue weighted by molar-refractivity contribution is 7.99. The molecule has 1 atom stereocenters. The molecular weight excluding hydrogens is 196 g/mol. The Labute approximate surface area is 91.4 Å². The summed E-state index contributed by atoms with van der Waals surface area (Å²) in [5.74, 6) is 2.97. The molecule has 1 aliphatic carbocycles. The number of thioether (sulfide) groups is 1. The average molecular weight is 218 g/mol. The number of ether oxygens (including phenoxy) is 1. The van der Waals surface area contributed by atoms with Gasteiger partial charge in [0.25, 0.3) is 0 Å². The monoisotopic (exact) mass is 218 g/mol. The molecule has 3 heteroatoms. The molecular formula is C11H22O2S. The third kappa shape index (κ3) is 5.23. The van der Waals surface area contributed by atoms with E-state index in [0.717, 1.165) is 11.7 Å². The van der Waals surface area contributed by atoms with Crippen LogP contribution < -0.4 is 0 Å². The van der Waals surface area contributed by atoms with E-state index in [0.29, 0.717) is 13.2 Å². The molecule has 14 heavy (non-hydrogen) atoms. The summed E-state index contributed by atoms with van der Waals surface area (Å²) in [7, 11) is 0. The van der Waals surface area contributed by atoms with Crippen molar-refractivity contribution in [3.05, 3.63) is 0 Å². The highest BCUT2D eigenvalue weighted by atomic mass is 32.2. The second-order valence-electron chi connectivity index (χ2n) is 4.00. The maximum atomic E-state index is 9.51. The van der Waals surface area contributed by atoms with E-state index >= 15 is 0 Å². The van der Waals surface area contributed by atoms with Gasteiger partial charge in [0.1, 0.15) is 0 Å². The minimum Gasteiger partial charge on any atom is -0.390 e. The van der Waals surface area contributed by atoms with Gasteiger partial charge in [0.2, 0.25) is 0 Å². The Bertz CT molecular complexity index is 135. The standard InChI is InChI=1S/C11H22O2S/c1-2-13-7-11(12)9-14-8-10-5-3-4-6-10/h10-12H,2-9H2,1H3. The average Bonchev–Trinajstić information content (AvgIpc) is 2.67. The lowest BCUT2D eigenvalue weighted by Crippen LogP contribution is -2.18. The zero-order valence-electron chi connectivity index (χ0n) is 9.08. The Balaban J connectivity index is 1.91. The first-order chi connectivity index (χ1) is 6.83. The highest BCUT2D eigenvalue weighted by Crippen LogP contribution is 2.27. The van der Waals surface area contributed by atoms with E-state index in [4.69, 9.17) is 4.74 Å². The molecule has 0 aliphatic heterocycles. The van der Waals surface area contributed by atoms with Gasteiger partial charge in [-0.1, -0.05) is 12.8 Å². The van der Waals surface area contributed by atoms with E-state index < -0.39 is 0 Å². The first kappa shape index (κ1) is 12.3. The van der Waals surface area contributed by atoms with Crippen molar-refractivity contribution in [2.24, 2.45) is 5.92 Å². The summed E-state index contributed by atoms with van der Waals surface area (Å²) in [6.07, 6.45) is 5.34. The van der Waals surface area contributed by atoms with Gasteiger partial charge in [0.05, 0.1) is 12.7 Å². The van der Waals surface area contributed by atoms with Crippen LogP contribution in [0.15, 0.2) is 0 Å². The smallest absolute Gasteiger partial charge is 0.0863 e. The SMILES string of the molecule is CCOCC(O)CSCC1CCCC1. The van der Waals surface area contributed by atoms with Gasteiger partial charge in [-0.2, -0.15) is 11.8 Å². The second-order valence-corrected chi connectivity index (χ2v) is 5.08. The Morgan fingerprint density at radius 3 is 2.79 bits per heavy atom. The molecule has 1 aliphatic rings. The number of aliphatic hydroxyl groups is 1. The van der Waals surface area contributed by atoms with Crippen LogP contribution in [0, 0.1) is 5.92 Å². The quantitative estimate of drug-likeness (QED) is 0.711. The number of hydrogen-bond donors (Lipinski definition) is 1. The largest absolute Gasteiger partial charge is 0.390 e. The molecule has 84 valence electrons. The van der Waals surface area contributed by atoms with Crippen LogP contribution in [0.1, 0.15) is 32.6 Å². The van der Waals surface area contributed by atoms with Crippen LogP contribution in [-0.4, -0.2) is 35.9 Å². The van der Waals surface area contributed by atoms with Crippen LogP contribution in [0.2, 0.25) is 0 Å². The van der Waals surface area contributed by atoms with E-state index in [1.807, 2.05) is 18.7 Å². The van der Waals surface area contributed by atoms with E-state index in [-0.39, 0.29) is 6.10 Å². The predicted molar refractivity (Wildman–Crippen MR) is 61.8 cm³/mol. The molecule has 0 aromatic rings. The highest BCUT2D eigenvalue weighted by Gasteiger charge is 2.15. The maximum absolute atomic E-state index is 9.51. The molecule has 0 saturated heterocycles. The van der Waals surface area contributed by atoms with Crippen LogP contribution in [0.3, 0.4) is 0 Å². The fraction of sp³-hybridized carbons (Fsp3) is 1.00. The van der Waals surface area contributed by atoms with Gasteiger partial charge in [-0.05, 0) is 31.4 Å². The molecule has 0 spiro atoms. The van der Waals surface area contributed by atoms with E-state index in [1.165, 1.54) is 31.4 Å². The minimum absolute atomic E-state index is 0.277. The fourth-order valence-corrected chi connectivity index (χ4v) is 3.02. The molecule has 0 aromatic carbocycles. The van der Waals surface area contributed by atoms with Crippen molar-refractivity contribution >= 4 is 11.8 Å². The van der Waals surface area contributed by atoms with Crippen molar-refractivity contribution in [1.82, 2.24) is 0 Å². The van der Waals surface area contributed by atoms with Gasteiger partial charge < -0.3 is 9.84 Å². The Kier molecular flexibility index (Phi) is 6.65. The molecule has 0 aromatic heterocycles. The Morgan fingerprint density at radius 2 is 2.14 bits per heavy atom. The molecule has 1 fully saturated rings. The van der Waals surface area contributed by atoms with E-state index in [9.17, 15) is 5.11 Å². The van der Waals surface area contributed by atoms with Gasteiger partial charge in [-0.25, -0.2) is 0 Å². The van der Waals surface area contributed by atoms with E-state index in [2.05, 4.69) is 0 Å². The number of aliphatic hydroxyl groups excluding tert-OH is 1. The van der Waals surface area contributed by atoms with Gasteiger partial charge in [0, 0.05) is 12.4 Å². The first-order valence-corrected chi connectivity index (χ1v) is 6.82. The molecule has 1 rings (SSSR count). The predicted octanol–water partition coefficient (Wildman–Crippen LogP) is 2.31. The van der Waals surface area contributed by atoms with Crippen LogP contribution in [0.4, 0.5) is 0 Å². The molecule has 2 nitrogen and oxygen atoms in total. The molecule has 0 amide bonds. The molecule has 0 radical (unpaired) electrons. The Morgan fingerprint density at radius 1 is 1.43 bits per heavy atom. The number of rotatable bonds is 7. The van der Waals surface area contributed by atoms with Gasteiger partial charge in [-0.15, -0.1) is 0 Å². The van der Waals surface area contributed by atoms with Gasteiger partial charge >= 0.3 is 0 Å². The summed E-state index contributed by atoms with van der Waals surface area (Å²) in [5.41, 5.74) is 0. The third-order valence-corrected chi connectivity index (χ3v) is 3.98.